The van der Waals surface area contributed by atoms with E-state index < -0.39 is 0 Å². The molecule has 0 radical (unpaired) electrons. The number of aliphatic imine (C=N–C) groups is 1. The zero-order valence-electron chi connectivity index (χ0n) is 9.04. The lowest BCUT2D eigenvalue weighted by molar-refractivity contribution is 0.194. The first kappa shape index (κ1) is 9.81. The van der Waals surface area contributed by atoms with Crippen LogP contribution in [0.5, 0.6) is 0 Å². The van der Waals surface area contributed by atoms with Gasteiger partial charge >= 0.3 is 0 Å². The average Bonchev–Trinajstić information content (AvgIpc) is 2.74. The Kier molecular flexibility index (Phi) is 3.27. The Morgan fingerprint density at radius 1 is 1.36 bits per heavy atom. The van der Waals surface area contributed by atoms with E-state index in [0.29, 0.717) is 6.04 Å². The van der Waals surface area contributed by atoms with Crippen molar-refractivity contribution in [3.05, 3.63) is 0 Å². The summed E-state index contributed by atoms with van der Waals surface area (Å²) in [6.45, 7) is 4.85. The highest BCUT2D eigenvalue weighted by atomic mass is 16.5. The van der Waals surface area contributed by atoms with Crippen molar-refractivity contribution in [1.29, 1.82) is 0 Å². The molecule has 0 atom stereocenters. The van der Waals surface area contributed by atoms with E-state index in [4.69, 9.17) is 4.74 Å². The van der Waals surface area contributed by atoms with E-state index in [1.807, 2.05) is 0 Å². The van der Waals surface area contributed by atoms with Gasteiger partial charge in [-0.05, 0) is 19.8 Å². The molecule has 1 aliphatic heterocycles. The quantitative estimate of drug-likeness (QED) is 0.675. The highest BCUT2D eigenvalue weighted by Crippen LogP contribution is 2.23. The van der Waals surface area contributed by atoms with Crippen molar-refractivity contribution < 1.29 is 4.74 Å². The van der Waals surface area contributed by atoms with Crippen LogP contribution in [-0.4, -0.2) is 36.7 Å². The monoisotopic (exact) mass is 196 g/mol. The smallest absolute Gasteiger partial charge is 0.287 e. The fourth-order valence-corrected chi connectivity index (χ4v) is 2.44. The Morgan fingerprint density at radius 2 is 2.14 bits per heavy atom. The van der Waals surface area contributed by atoms with Gasteiger partial charge in [-0.15, -0.1) is 0 Å². The second-order valence-electron chi connectivity index (χ2n) is 4.09. The zero-order chi connectivity index (χ0) is 9.80. The van der Waals surface area contributed by atoms with E-state index in [0.717, 1.165) is 25.7 Å². The molecule has 1 heterocycles. The van der Waals surface area contributed by atoms with Crippen LogP contribution in [0, 0.1) is 0 Å². The molecule has 80 valence electrons. The van der Waals surface area contributed by atoms with Crippen molar-refractivity contribution >= 4 is 6.02 Å². The maximum atomic E-state index is 5.54. The van der Waals surface area contributed by atoms with Gasteiger partial charge in [-0.3, -0.25) is 0 Å². The largest absolute Gasteiger partial charge is 0.463 e. The first-order valence-electron chi connectivity index (χ1n) is 5.85. The van der Waals surface area contributed by atoms with Gasteiger partial charge in [0.05, 0.1) is 6.54 Å². The normalized spacial score (nSPS) is 23.1. The van der Waals surface area contributed by atoms with Gasteiger partial charge in [0, 0.05) is 12.6 Å². The molecule has 2 aliphatic rings. The molecule has 0 unspecified atom stereocenters. The first-order chi connectivity index (χ1) is 6.92. The minimum Gasteiger partial charge on any atom is -0.463 e. The fourth-order valence-electron chi connectivity index (χ4n) is 2.44. The summed E-state index contributed by atoms with van der Waals surface area (Å²) in [5.41, 5.74) is 0. The Hall–Kier alpha value is -0.730. The molecular weight excluding hydrogens is 176 g/mol. The number of nitrogens with zero attached hydrogens (tertiary/aromatic N) is 2. The van der Waals surface area contributed by atoms with E-state index in [1.54, 1.807) is 0 Å². The van der Waals surface area contributed by atoms with Gasteiger partial charge < -0.3 is 9.64 Å². The minimum atomic E-state index is 0.686. The summed E-state index contributed by atoms with van der Waals surface area (Å²) in [6.07, 6.45) is 6.77. The molecule has 2 rings (SSSR count). The van der Waals surface area contributed by atoms with E-state index >= 15 is 0 Å². The minimum absolute atomic E-state index is 0.686. The number of hydrogen-bond acceptors (Lipinski definition) is 3. The second kappa shape index (κ2) is 4.67. The van der Waals surface area contributed by atoms with Gasteiger partial charge in [-0.2, -0.15) is 0 Å². The molecule has 3 heteroatoms. The molecule has 0 N–H and O–H groups in total. The van der Waals surface area contributed by atoms with Crippen LogP contribution in [-0.2, 0) is 4.74 Å². The lowest BCUT2D eigenvalue weighted by Crippen LogP contribution is -2.41. The third-order valence-corrected chi connectivity index (χ3v) is 3.17. The van der Waals surface area contributed by atoms with Crippen molar-refractivity contribution in [2.24, 2.45) is 4.99 Å². The molecular formula is C11H20N2O. The maximum absolute atomic E-state index is 5.54. The maximum Gasteiger partial charge on any atom is 0.287 e. The molecule has 0 amide bonds. The molecule has 0 bridgehead atoms. The summed E-state index contributed by atoms with van der Waals surface area (Å²) in [5.74, 6) is 0. The summed E-state index contributed by atoms with van der Waals surface area (Å²) in [6, 6.07) is 1.59. The zero-order valence-corrected chi connectivity index (χ0v) is 9.04. The van der Waals surface area contributed by atoms with Crippen LogP contribution in [0.2, 0.25) is 0 Å². The van der Waals surface area contributed by atoms with E-state index in [1.165, 1.54) is 32.1 Å². The first-order valence-corrected chi connectivity index (χ1v) is 5.85. The molecule has 0 aromatic rings. The van der Waals surface area contributed by atoms with E-state index in [9.17, 15) is 0 Å². The highest BCUT2D eigenvalue weighted by Gasteiger charge is 2.25. The third kappa shape index (κ3) is 2.02. The summed E-state index contributed by atoms with van der Waals surface area (Å²) < 4.78 is 5.54. The van der Waals surface area contributed by atoms with Crippen molar-refractivity contribution in [2.45, 2.75) is 45.1 Å². The molecule has 3 nitrogen and oxygen atoms in total. The lowest BCUT2D eigenvalue weighted by Gasteiger charge is -2.33. The predicted molar refractivity (Wildman–Crippen MR) is 57.5 cm³/mol. The second-order valence-corrected chi connectivity index (χ2v) is 4.09. The van der Waals surface area contributed by atoms with E-state index in [-0.39, 0.29) is 0 Å². The Morgan fingerprint density at radius 3 is 2.71 bits per heavy atom. The van der Waals surface area contributed by atoms with Crippen molar-refractivity contribution in [1.82, 2.24) is 4.90 Å². The Bertz CT molecular complexity index is 209. The lowest BCUT2D eigenvalue weighted by atomic mass is 9.94. The van der Waals surface area contributed by atoms with Gasteiger partial charge in [-0.25, -0.2) is 4.99 Å². The molecule has 1 fully saturated rings. The SMILES string of the molecule is CCN(C1=NCCO1)C1CCCCC1. The van der Waals surface area contributed by atoms with Crippen LogP contribution in [0.15, 0.2) is 4.99 Å². The highest BCUT2D eigenvalue weighted by molar-refractivity contribution is 5.75. The number of ether oxygens (including phenoxy) is 1. The van der Waals surface area contributed by atoms with E-state index in [2.05, 4.69) is 16.8 Å². The molecule has 1 aliphatic carbocycles. The van der Waals surface area contributed by atoms with Gasteiger partial charge in [0.25, 0.3) is 6.02 Å². The molecule has 0 aromatic carbocycles. The summed E-state index contributed by atoms with van der Waals surface area (Å²) >= 11 is 0. The number of hydrogen-bond donors (Lipinski definition) is 0. The fraction of sp³-hybridized carbons (Fsp3) is 0.909. The van der Waals surface area contributed by atoms with Crippen LogP contribution >= 0.6 is 0 Å². The van der Waals surface area contributed by atoms with Crippen molar-refractivity contribution in [3.63, 3.8) is 0 Å². The molecule has 0 aromatic heterocycles. The summed E-state index contributed by atoms with van der Waals surface area (Å²) in [5, 5.41) is 0. The van der Waals surface area contributed by atoms with Gasteiger partial charge in [0.1, 0.15) is 6.61 Å². The summed E-state index contributed by atoms with van der Waals surface area (Å²) in [4.78, 5) is 6.76. The molecule has 0 saturated heterocycles. The molecule has 1 saturated carbocycles. The third-order valence-electron chi connectivity index (χ3n) is 3.17. The van der Waals surface area contributed by atoms with Crippen LogP contribution in [0.25, 0.3) is 0 Å². The average molecular weight is 196 g/mol. The van der Waals surface area contributed by atoms with Crippen LogP contribution in [0.1, 0.15) is 39.0 Å². The number of amidine groups is 1. The topological polar surface area (TPSA) is 24.8 Å². The standard InChI is InChI=1S/C11H20N2O/c1-2-13(11-12-8-9-14-11)10-6-4-3-5-7-10/h10H,2-9H2,1H3. The molecule has 0 spiro atoms. The van der Waals surface area contributed by atoms with Crippen LogP contribution in [0.3, 0.4) is 0 Å². The van der Waals surface area contributed by atoms with Crippen molar-refractivity contribution in [3.8, 4) is 0 Å². The summed E-state index contributed by atoms with van der Waals surface area (Å²) in [7, 11) is 0. The van der Waals surface area contributed by atoms with Gasteiger partial charge in [-0.1, -0.05) is 19.3 Å². The Labute approximate surface area is 86.1 Å². The van der Waals surface area contributed by atoms with Gasteiger partial charge in [0.2, 0.25) is 0 Å². The van der Waals surface area contributed by atoms with Crippen LogP contribution in [0.4, 0.5) is 0 Å². The Balaban J connectivity index is 1.96. The van der Waals surface area contributed by atoms with Gasteiger partial charge in [0.15, 0.2) is 0 Å². The van der Waals surface area contributed by atoms with Crippen molar-refractivity contribution in [2.75, 3.05) is 19.7 Å². The van der Waals surface area contributed by atoms with Crippen LogP contribution < -0.4 is 0 Å². The number of rotatable bonds is 2. The molecule has 14 heavy (non-hydrogen) atoms. The predicted octanol–water partition coefficient (Wildman–Crippen LogP) is 2.03.